The number of hydrogen-bond acceptors (Lipinski definition) is 3. The highest BCUT2D eigenvalue weighted by molar-refractivity contribution is 6.33. The van der Waals surface area contributed by atoms with Gasteiger partial charge in [0.1, 0.15) is 0 Å². The first-order chi connectivity index (χ1) is 9.39. The van der Waals surface area contributed by atoms with Gasteiger partial charge in [0.15, 0.2) is 0 Å². The zero-order chi connectivity index (χ0) is 14.8. The summed E-state index contributed by atoms with van der Waals surface area (Å²) in [5, 5.41) is 23.3. The van der Waals surface area contributed by atoms with Gasteiger partial charge in [-0.3, -0.25) is 4.79 Å². The second-order valence-corrected chi connectivity index (χ2v) is 6.08. The number of aliphatic carboxylic acids is 1. The first-order valence-electron chi connectivity index (χ1n) is 6.85. The van der Waals surface area contributed by atoms with Gasteiger partial charge in [-0.25, -0.2) is 0 Å². The molecule has 5 heteroatoms. The van der Waals surface area contributed by atoms with E-state index in [-0.39, 0.29) is 5.92 Å². The summed E-state index contributed by atoms with van der Waals surface area (Å²) in [5.74, 6) is -1.08. The van der Waals surface area contributed by atoms with Gasteiger partial charge in [0.05, 0.1) is 22.2 Å². The molecule has 1 aromatic carbocycles. The highest BCUT2D eigenvalue weighted by atomic mass is 35.5. The number of nitrogens with one attached hydrogen (secondary N) is 1. The molecule has 4 nitrogen and oxygen atoms in total. The molecule has 1 saturated carbocycles. The fourth-order valence-corrected chi connectivity index (χ4v) is 2.80. The van der Waals surface area contributed by atoms with Crippen LogP contribution in [-0.4, -0.2) is 28.3 Å². The number of aliphatic hydroxyl groups is 1. The lowest BCUT2D eigenvalue weighted by molar-refractivity contribution is -0.144. The summed E-state index contributed by atoms with van der Waals surface area (Å²) in [6.45, 7) is 2.37. The molecule has 0 saturated heterocycles. The molecule has 1 aromatic rings. The van der Waals surface area contributed by atoms with E-state index in [4.69, 9.17) is 16.7 Å². The van der Waals surface area contributed by atoms with Crippen molar-refractivity contribution >= 4 is 23.3 Å². The Morgan fingerprint density at radius 3 is 2.70 bits per heavy atom. The Labute approximate surface area is 123 Å². The lowest BCUT2D eigenvalue weighted by atomic mass is 9.79. The molecule has 2 rings (SSSR count). The minimum absolute atomic E-state index is 0.321. The van der Waals surface area contributed by atoms with Crippen molar-refractivity contribution < 1.29 is 15.0 Å². The van der Waals surface area contributed by atoms with Crippen molar-refractivity contribution in [2.24, 2.45) is 5.92 Å². The highest BCUT2D eigenvalue weighted by Crippen LogP contribution is 2.33. The first kappa shape index (κ1) is 15.1. The lowest BCUT2D eigenvalue weighted by Crippen LogP contribution is -2.41. The Balaban J connectivity index is 1.94. The molecule has 0 atom stereocenters. The fourth-order valence-electron chi connectivity index (χ4n) is 2.61. The van der Waals surface area contributed by atoms with Crippen molar-refractivity contribution in [3.05, 3.63) is 28.8 Å². The van der Waals surface area contributed by atoms with Crippen LogP contribution in [0.2, 0.25) is 5.02 Å². The van der Waals surface area contributed by atoms with Gasteiger partial charge in [-0.05, 0) is 50.3 Å². The third kappa shape index (κ3) is 3.64. The van der Waals surface area contributed by atoms with E-state index in [0.717, 1.165) is 11.3 Å². The molecule has 0 bridgehead atoms. The first-order valence-corrected chi connectivity index (χ1v) is 7.23. The normalized spacial score (nSPS) is 26.2. The van der Waals surface area contributed by atoms with Gasteiger partial charge in [0.2, 0.25) is 0 Å². The largest absolute Gasteiger partial charge is 0.481 e. The summed E-state index contributed by atoms with van der Waals surface area (Å²) < 4.78 is 0. The summed E-state index contributed by atoms with van der Waals surface area (Å²) in [6, 6.07) is 5.69. The van der Waals surface area contributed by atoms with Crippen molar-refractivity contribution in [2.45, 2.75) is 38.2 Å². The molecular formula is C15H20ClNO3. The van der Waals surface area contributed by atoms with Gasteiger partial charge in [-0.15, -0.1) is 0 Å². The summed E-state index contributed by atoms with van der Waals surface area (Å²) in [6.07, 6.45) is 2.05. The van der Waals surface area contributed by atoms with Crippen LogP contribution in [-0.2, 0) is 4.79 Å². The molecule has 0 aliphatic heterocycles. The Morgan fingerprint density at radius 2 is 2.10 bits per heavy atom. The van der Waals surface area contributed by atoms with Gasteiger partial charge in [-0.2, -0.15) is 0 Å². The second kappa shape index (κ2) is 6.02. The summed E-state index contributed by atoms with van der Waals surface area (Å²) in [4.78, 5) is 10.9. The molecule has 1 aliphatic carbocycles. The predicted molar refractivity (Wildman–Crippen MR) is 79.2 cm³/mol. The highest BCUT2D eigenvalue weighted by Gasteiger charge is 2.35. The number of rotatable bonds is 4. The van der Waals surface area contributed by atoms with E-state index in [1.807, 2.05) is 25.1 Å². The minimum atomic E-state index is -0.848. The number of hydrogen-bond donors (Lipinski definition) is 3. The van der Waals surface area contributed by atoms with E-state index in [1.54, 1.807) is 0 Å². The van der Waals surface area contributed by atoms with E-state index in [2.05, 4.69) is 5.32 Å². The van der Waals surface area contributed by atoms with E-state index in [0.29, 0.717) is 37.3 Å². The Hall–Kier alpha value is -1.26. The summed E-state index contributed by atoms with van der Waals surface area (Å²) in [5.41, 5.74) is 1.05. The van der Waals surface area contributed by atoms with Crippen molar-refractivity contribution in [1.82, 2.24) is 0 Å². The minimum Gasteiger partial charge on any atom is -0.481 e. The van der Waals surface area contributed by atoms with Crippen LogP contribution in [0.3, 0.4) is 0 Å². The van der Waals surface area contributed by atoms with E-state index < -0.39 is 11.6 Å². The topological polar surface area (TPSA) is 69.6 Å². The molecular weight excluding hydrogens is 278 g/mol. The number of halogens is 1. The van der Waals surface area contributed by atoms with Crippen LogP contribution in [0.4, 0.5) is 5.69 Å². The standard InChI is InChI=1S/C15H20ClNO3/c1-10-2-3-12(16)13(8-10)17-9-15(20)6-4-11(5-7-15)14(18)19/h2-3,8,11,17,20H,4-7,9H2,1H3,(H,18,19). The van der Waals surface area contributed by atoms with Crippen LogP contribution < -0.4 is 5.32 Å². The van der Waals surface area contributed by atoms with E-state index >= 15 is 0 Å². The third-order valence-electron chi connectivity index (χ3n) is 4.00. The number of benzene rings is 1. The molecule has 110 valence electrons. The molecule has 0 spiro atoms. The predicted octanol–water partition coefficient (Wildman–Crippen LogP) is 3.07. The quantitative estimate of drug-likeness (QED) is 0.799. The van der Waals surface area contributed by atoms with Crippen molar-refractivity contribution in [1.29, 1.82) is 0 Å². The number of aryl methyl sites for hydroxylation is 1. The van der Waals surface area contributed by atoms with Crippen LogP contribution in [0.15, 0.2) is 18.2 Å². The molecule has 0 heterocycles. The maximum atomic E-state index is 10.9. The lowest BCUT2D eigenvalue weighted by Gasteiger charge is -2.35. The van der Waals surface area contributed by atoms with Crippen LogP contribution in [0.5, 0.6) is 0 Å². The van der Waals surface area contributed by atoms with Crippen molar-refractivity contribution in [2.75, 3.05) is 11.9 Å². The average Bonchev–Trinajstić information content (AvgIpc) is 2.40. The van der Waals surface area contributed by atoms with Gasteiger partial charge in [-0.1, -0.05) is 17.7 Å². The fraction of sp³-hybridized carbons (Fsp3) is 0.533. The number of anilines is 1. The van der Waals surface area contributed by atoms with E-state index in [1.165, 1.54) is 0 Å². The van der Waals surface area contributed by atoms with Crippen molar-refractivity contribution in [3.8, 4) is 0 Å². The SMILES string of the molecule is Cc1ccc(Cl)c(NCC2(O)CCC(C(=O)O)CC2)c1. The molecule has 0 amide bonds. The smallest absolute Gasteiger partial charge is 0.306 e. The Kier molecular flexibility index (Phi) is 4.55. The monoisotopic (exact) mass is 297 g/mol. The number of carboxylic acids is 1. The molecule has 1 fully saturated rings. The molecule has 1 aliphatic rings. The summed E-state index contributed by atoms with van der Waals surface area (Å²) in [7, 11) is 0. The summed E-state index contributed by atoms with van der Waals surface area (Å²) >= 11 is 6.10. The average molecular weight is 298 g/mol. The second-order valence-electron chi connectivity index (χ2n) is 5.67. The van der Waals surface area contributed by atoms with E-state index in [9.17, 15) is 9.90 Å². The van der Waals surface area contributed by atoms with Crippen LogP contribution >= 0.6 is 11.6 Å². The van der Waals surface area contributed by atoms with Gasteiger partial charge in [0.25, 0.3) is 0 Å². The third-order valence-corrected chi connectivity index (χ3v) is 4.32. The molecule has 0 unspecified atom stereocenters. The van der Waals surface area contributed by atoms with Crippen LogP contribution in [0.25, 0.3) is 0 Å². The zero-order valence-corrected chi connectivity index (χ0v) is 12.3. The molecule has 0 radical (unpaired) electrons. The Morgan fingerprint density at radius 1 is 1.45 bits per heavy atom. The number of carbonyl (C=O) groups is 1. The number of carboxylic acid groups (broad SMARTS) is 1. The van der Waals surface area contributed by atoms with Crippen molar-refractivity contribution in [3.63, 3.8) is 0 Å². The van der Waals surface area contributed by atoms with Crippen LogP contribution in [0.1, 0.15) is 31.2 Å². The van der Waals surface area contributed by atoms with Gasteiger partial charge < -0.3 is 15.5 Å². The molecule has 0 aromatic heterocycles. The van der Waals surface area contributed by atoms with Crippen LogP contribution in [0, 0.1) is 12.8 Å². The maximum absolute atomic E-state index is 10.9. The van der Waals surface area contributed by atoms with Gasteiger partial charge in [0, 0.05) is 6.54 Å². The zero-order valence-electron chi connectivity index (χ0n) is 11.5. The molecule has 3 N–H and O–H groups in total. The maximum Gasteiger partial charge on any atom is 0.306 e. The Bertz CT molecular complexity index is 496. The van der Waals surface area contributed by atoms with Gasteiger partial charge >= 0.3 is 5.97 Å². The molecule has 20 heavy (non-hydrogen) atoms.